The number of nitrogens with one attached hydrogen (secondary N) is 2. The van der Waals surface area contributed by atoms with E-state index < -0.39 is 17.1 Å². The molecule has 224 valence electrons. The molecule has 4 rings (SSSR count). The Hall–Kier alpha value is -3.33. The second kappa shape index (κ2) is 14.5. The zero-order chi connectivity index (χ0) is 29.4. The van der Waals surface area contributed by atoms with Crippen LogP contribution in [0.2, 0.25) is 0 Å². The highest BCUT2D eigenvalue weighted by Crippen LogP contribution is 2.36. The number of nitrogens with zero attached hydrogens (tertiary/aromatic N) is 1. The number of ether oxygens (including phenoxy) is 3. The van der Waals surface area contributed by atoms with E-state index in [1.165, 1.54) is 12.1 Å². The van der Waals surface area contributed by atoms with Crippen molar-refractivity contribution in [1.82, 2.24) is 10.6 Å². The lowest BCUT2D eigenvalue weighted by Gasteiger charge is -2.37. The number of methoxy groups -OCH3 is 1. The van der Waals surface area contributed by atoms with Crippen LogP contribution in [-0.4, -0.2) is 36.9 Å². The Morgan fingerprint density at radius 1 is 1.05 bits per heavy atom. The minimum atomic E-state index is -0.425. The summed E-state index contributed by atoms with van der Waals surface area (Å²) in [6.45, 7) is 7.53. The van der Waals surface area contributed by atoms with Crippen LogP contribution in [0, 0.1) is 27.9 Å². The number of hydrogen-bond donors (Lipinski definition) is 2. The van der Waals surface area contributed by atoms with Crippen molar-refractivity contribution >= 4 is 11.8 Å². The highest BCUT2D eigenvalue weighted by molar-refractivity contribution is 5.68. The molecule has 2 aliphatic rings. The van der Waals surface area contributed by atoms with Crippen molar-refractivity contribution < 1.29 is 23.9 Å². The summed E-state index contributed by atoms with van der Waals surface area (Å²) < 4.78 is 18.0. The second-order valence-corrected chi connectivity index (χ2v) is 12.0. The lowest BCUT2D eigenvalue weighted by atomic mass is 9.75. The number of rotatable bonds is 12. The second-order valence-electron chi connectivity index (χ2n) is 12.0. The first-order valence-electron chi connectivity index (χ1n) is 15.0. The van der Waals surface area contributed by atoms with E-state index in [4.69, 9.17) is 14.2 Å². The molecule has 2 aromatic carbocycles. The van der Waals surface area contributed by atoms with Gasteiger partial charge in [0.1, 0.15) is 6.10 Å². The van der Waals surface area contributed by atoms with Gasteiger partial charge in [-0.3, -0.25) is 10.1 Å². The third-order valence-corrected chi connectivity index (χ3v) is 8.52. The van der Waals surface area contributed by atoms with Crippen molar-refractivity contribution in [3.8, 4) is 11.5 Å². The van der Waals surface area contributed by atoms with Gasteiger partial charge in [-0.1, -0.05) is 45.4 Å². The quantitative estimate of drug-likeness (QED) is 0.211. The minimum Gasteiger partial charge on any atom is -0.493 e. The molecule has 2 fully saturated rings. The number of amides is 1. The third kappa shape index (κ3) is 8.58. The SMILES string of the molecule is COc1ccc([C@H](CNCc2ccc([N+](=O)[O-])cc2)NC(=O)OC2CC(C)CCC2C(C)C)cc1OC1CCCC1. The summed E-state index contributed by atoms with van der Waals surface area (Å²) >= 11 is 0. The molecule has 9 heteroatoms. The first-order valence-corrected chi connectivity index (χ1v) is 15.0. The summed E-state index contributed by atoms with van der Waals surface area (Å²) in [4.78, 5) is 23.9. The molecule has 2 aliphatic carbocycles. The van der Waals surface area contributed by atoms with Gasteiger partial charge in [0.15, 0.2) is 11.5 Å². The maximum Gasteiger partial charge on any atom is 0.407 e. The lowest BCUT2D eigenvalue weighted by molar-refractivity contribution is -0.384. The molecule has 3 unspecified atom stereocenters. The minimum absolute atomic E-state index is 0.0563. The monoisotopic (exact) mass is 567 g/mol. The van der Waals surface area contributed by atoms with Crippen LogP contribution in [0.15, 0.2) is 42.5 Å². The van der Waals surface area contributed by atoms with E-state index in [1.807, 2.05) is 18.2 Å². The summed E-state index contributed by atoms with van der Waals surface area (Å²) in [5.41, 5.74) is 1.85. The topological polar surface area (TPSA) is 112 Å². The Balaban J connectivity index is 1.49. The summed E-state index contributed by atoms with van der Waals surface area (Å²) in [7, 11) is 1.63. The molecule has 0 radical (unpaired) electrons. The first kappa shape index (κ1) is 30.6. The van der Waals surface area contributed by atoms with E-state index >= 15 is 0 Å². The number of non-ortho nitro benzene ring substituents is 1. The fraction of sp³-hybridized carbons (Fsp3) is 0.594. The third-order valence-electron chi connectivity index (χ3n) is 8.52. The van der Waals surface area contributed by atoms with Gasteiger partial charge >= 0.3 is 6.09 Å². The Morgan fingerprint density at radius 2 is 1.78 bits per heavy atom. The van der Waals surface area contributed by atoms with Crippen LogP contribution in [0.1, 0.15) is 82.9 Å². The average molecular weight is 568 g/mol. The first-order chi connectivity index (χ1) is 19.7. The molecule has 0 aromatic heterocycles. The van der Waals surface area contributed by atoms with Crippen LogP contribution in [0.25, 0.3) is 0 Å². The molecule has 2 N–H and O–H groups in total. The number of nitro groups is 1. The predicted octanol–water partition coefficient (Wildman–Crippen LogP) is 6.94. The number of benzene rings is 2. The lowest BCUT2D eigenvalue weighted by Crippen LogP contribution is -2.41. The summed E-state index contributed by atoms with van der Waals surface area (Å²) in [6.07, 6.45) is 7.10. The molecule has 2 aromatic rings. The van der Waals surface area contributed by atoms with Crippen molar-refractivity contribution in [1.29, 1.82) is 0 Å². The van der Waals surface area contributed by atoms with Gasteiger partial charge in [0, 0.05) is 25.2 Å². The van der Waals surface area contributed by atoms with Gasteiger partial charge in [-0.15, -0.1) is 0 Å². The van der Waals surface area contributed by atoms with Crippen molar-refractivity contribution in [2.45, 2.75) is 90.5 Å². The summed E-state index contributed by atoms with van der Waals surface area (Å²) in [6, 6.07) is 11.8. The van der Waals surface area contributed by atoms with Gasteiger partial charge in [0.25, 0.3) is 5.69 Å². The Bertz CT molecular complexity index is 1150. The highest BCUT2D eigenvalue weighted by Gasteiger charge is 2.34. The molecule has 0 bridgehead atoms. The molecule has 9 nitrogen and oxygen atoms in total. The Morgan fingerprint density at radius 3 is 2.44 bits per heavy atom. The summed E-state index contributed by atoms with van der Waals surface area (Å²) in [5, 5.41) is 17.5. The van der Waals surface area contributed by atoms with Gasteiger partial charge in [-0.25, -0.2) is 4.79 Å². The smallest absolute Gasteiger partial charge is 0.407 e. The number of hydrogen-bond acceptors (Lipinski definition) is 7. The largest absolute Gasteiger partial charge is 0.493 e. The summed E-state index contributed by atoms with van der Waals surface area (Å²) in [5.74, 6) is 2.66. The van der Waals surface area contributed by atoms with Crippen LogP contribution in [0.3, 0.4) is 0 Å². The molecule has 4 atom stereocenters. The molecule has 1 amide bonds. The van der Waals surface area contributed by atoms with Gasteiger partial charge in [0.2, 0.25) is 0 Å². The number of carbonyl (C=O) groups is 1. The van der Waals surface area contributed by atoms with E-state index in [0.717, 1.165) is 56.1 Å². The van der Waals surface area contributed by atoms with E-state index in [0.29, 0.717) is 42.3 Å². The van der Waals surface area contributed by atoms with Gasteiger partial charge in [-0.2, -0.15) is 0 Å². The molecule has 0 saturated heterocycles. The van der Waals surface area contributed by atoms with Gasteiger partial charge < -0.3 is 24.8 Å². The van der Waals surface area contributed by atoms with Crippen molar-refractivity contribution in [3.63, 3.8) is 0 Å². The van der Waals surface area contributed by atoms with Crippen LogP contribution >= 0.6 is 0 Å². The fourth-order valence-corrected chi connectivity index (χ4v) is 6.10. The normalized spacial score (nSPS) is 21.8. The number of nitro benzene ring substituents is 1. The maximum absolute atomic E-state index is 13.3. The standard InChI is InChI=1S/C32H45N3O6/c1-21(2)27-15-9-22(3)17-30(27)41-32(36)34-28(20-33-19-23-10-13-25(14-11-23)35(37)38)24-12-16-29(39-4)31(18-24)40-26-7-5-6-8-26/h10-14,16,18,21-22,26-28,30,33H,5-9,15,17,19-20H2,1-4H3,(H,34,36)/t22?,27?,28-,30?/m0/s1. The van der Waals surface area contributed by atoms with E-state index in [2.05, 4.69) is 31.4 Å². The van der Waals surface area contributed by atoms with Crippen molar-refractivity contribution in [2.24, 2.45) is 17.8 Å². The highest BCUT2D eigenvalue weighted by atomic mass is 16.6. The predicted molar refractivity (Wildman–Crippen MR) is 158 cm³/mol. The van der Waals surface area contributed by atoms with Crippen LogP contribution < -0.4 is 20.1 Å². The van der Waals surface area contributed by atoms with Crippen LogP contribution in [0.4, 0.5) is 10.5 Å². The van der Waals surface area contributed by atoms with E-state index in [-0.39, 0.29) is 17.9 Å². The molecule has 0 spiro atoms. The fourth-order valence-electron chi connectivity index (χ4n) is 6.10. The average Bonchev–Trinajstić information content (AvgIpc) is 3.46. The van der Waals surface area contributed by atoms with Gasteiger partial charge in [-0.05, 0) is 79.5 Å². The molecule has 0 aliphatic heterocycles. The molecule has 0 heterocycles. The zero-order valence-corrected chi connectivity index (χ0v) is 24.8. The molecular weight excluding hydrogens is 522 g/mol. The number of carbonyl (C=O) groups excluding carboxylic acids is 1. The molecule has 2 saturated carbocycles. The zero-order valence-electron chi connectivity index (χ0n) is 24.8. The van der Waals surface area contributed by atoms with Crippen LogP contribution in [-0.2, 0) is 11.3 Å². The number of alkyl carbamates (subject to hydrolysis) is 1. The Kier molecular flexibility index (Phi) is 10.9. The molecular formula is C32H45N3O6. The van der Waals surface area contributed by atoms with Crippen LogP contribution in [0.5, 0.6) is 11.5 Å². The maximum atomic E-state index is 13.3. The molecule has 41 heavy (non-hydrogen) atoms. The van der Waals surface area contributed by atoms with E-state index in [1.54, 1.807) is 19.2 Å². The van der Waals surface area contributed by atoms with Gasteiger partial charge in [0.05, 0.1) is 24.2 Å². The van der Waals surface area contributed by atoms with Crippen molar-refractivity contribution in [2.75, 3.05) is 13.7 Å². The van der Waals surface area contributed by atoms with Crippen molar-refractivity contribution in [3.05, 3.63) is 63.7 Å². The Labute approximate surface area is 243 Å². The van der Waals surface area contributed by atoms with E-state index in [9.17, 15) is 14.9 Å².